The molecule has 12 heavy (non-hydrogen) atoms. The SMILES string of the molecule is C[C@@H]1[C@@H](O)[C@H](C)O[C@H](CO)[C@H]1O. The average Bonchev–Trinajstić information content (AvgIpc) is 2.08. The average molecular weight is 176 g/mol. The van der Waals surface area contributed by atoms with E-state index in [2.05, 4.69) is 0 Å². The van der Waals surface area contributed by atoms with E-state index in [1.54, 1.807) is 13.8 Å². The zero-order valence-electron chi connectivity index (χ0n) is 7.34. The van der Waals surface area contributed by atoms with Gasteiger partial charge in [-0.15, -0.1) is 0 Å². The summed E-state index contributed by atoms with van der Waals surface area (Å²) in [4.78, 5) is 0. The second-order valence-corrected chi connectivity index (χ2v) is 3.40. The minimum Gasteiger partial charge on any atom is -0.394 e. The summed E-state index contributed by atoms with van der Waals surface area (Å²) in [6, 6.07) is 0. The van der Waals surface area contributed by atoms with Crippen LogP contribution in [0, 0.1) is 5.92 Å². The van der Waals surface area contributed by atoms with Crippen LogP contribution in [0.1, 0.15) is 13.8 Å². The predicted molar refractivity (Wildman–Crippen MR) is 42.6 cm³/mol. The minimum absolute atomic E-state index is 0.206. The number of aliphatic hydroxyl groups is 3. The third-order valence-corrected chi connectivity index (χ3v) is 2.51. The van der Waals surface area contributed by atoms with E-state index >= 15 is 0 Å². The Bertz CT molecular complexity index is 145. The van der Waals surface area contributed by atoms with Crippen LogP contribution < -0.4 is 0 Å². The molecule has 0 aromatic rings. The molecule has 0 aromatic heterocycles. The molecular weight excluding hydrogens is 160 g/mol. The van der Waals surface area contributed by atoms with E-state index in [0.29, 0.717) is 0 Å². The number of aliphatic hydroxyl groups excluding tert-OH is 3. The molecule has 0 saturated carbocycles. The molecule has 0 radical (unpaired) electrons. The summed E-state index contributed by atoms with van der Waals surface area (Å²) in [7, 11) is 0. The lowest BCUT2D eigenvalue weighted by atomic mass is 9.88. The normalized spacial score (nSPS) is 49.2. The van der Waals surface area contributed by atoms with E-state index < -0.39 is 18.3 Å². The van der Waals surface area contributed by atoms with Gasteiger partial charge in [0.25, 0.3) is 0 Å². The summed E-state index contributed by atoms with van der Waals surface area (Å²) >= 11 is 0. The van der Waals surface area contributed by atoms with Crippen molar-refractivity contribution in [3.63, 3.8) is 0 Å². The Morgan fingerprint density at radius 1 is 1.17 bits per heavy atom. The molecule has 4 nitrogen and oxygen atoms in total. The van der Waals surface area contributed by atoms with Gasteiger partial charge in [-0.3, -0.25) is 0 Å². The Kier molecular flexibility index (Phi) is 3.06. The molecule has 3 N–H and O–H groups in total. The van der Waals surface area contributed by atoms with Gasteiger partial charge < -0.3 is 20.1 Å². The Morgan fingerprint density at radius 3 is 2.25 bits per heavy atom. The molecule has 0 aromatic carbocycles. The first-order chi connectivity index (χ1) is 5.57. The molecule has 1 fully saturated rings. The Hall–Kier alpha value is -0.160. The quantitative estimate of drug-likeness (QED) is 0.485. The summed E-state index contributed by atoms with van der Waals surface area (Å²) < 4.78 is 5.18. The second kappa shape index (κ2) is 3.70. The molecule has 1 rings (SSSR count). The first-order valence-electron chi connectivity index (χ1n) is 4.20. The van der Waals surface area contributed by atoms with Crippen molar-refractivity contribution >= 4 is 0 Å². The molecule has 0 amide bonds. The molecule has 0 bridgehead atoms. The van der Waals surface area contributed by atoms with Crippen LogP contribution in [0.4, 0.5) is 0 Å². The van der Waals surface area contributed by atoms with E-state index in [-0.39, 0.29) is 18.6 Å². The fraction of sp³-hybridized carbons (Fsp3) is 1.00. The Balaban J connectivity index is 2.63. The van der Waals surface area contributed by atoms with Crippen molar-refractivity contribution in [3.05, 3.63) is 0 Å². The van der Waals surface area contributed by atoms with Crippen LogP contribution >= 0.6 is 0 Å². The van der Waals surface area contributed by atoms with Crippen LogP contribution in [0.2, 0.25) is 0 Å². The lowest BCUT2D eigenvalue weighted by molar-refractivity contribution is -0.199. The summed E-state index contributed by atoms with van der Waals surface area (Å²) in [6.45, 7) is 3.27. The van der Waals surface area contributed by atoms with Gasteiger partial charge in [0, 0.05) is 5.92 Å². The summed E-state index contributed by atoms with van der Waals surface area (Å²) in [5, 5.41) is 27.8. The maximum absolute atomic E-state index is 9.48. The van der Waals surface area contributed by atoms with E-state index in [1.807, 2.05) is 0 Å². The highest BCUT2D eigenvalue weighted by atomic mass is 16.5. The second-order valence-electron chi connectivity index (χ2n) is 3.40. The largest absolute Gasteiger partial charge is 0.394 e. The molecule has 0 spiro atoms. The van der Waals surface area contributed by atoms with Gasteiger partial charge in [0.05, 0.1) is 24.9 Å². The van der Waals surface area contributed by atoms with Gasteiger partial charge in [-0.05, 0) is 6.92 Å². The first-order valence-corrected chi connectivity index (χ1v) is 4.20. The van der Waals surface area contributed by atoms with Crippen molar-refractivity contribution in [3.8, 4) is 0 Å². The molecule has 5 atom stereocenters. The van der Waals surface area contributed by atoms with Gasteiger partial charge in [0.15, 0.2) is 0 Å². The standard InChI is InChI=1S/C8H16O4/c1-4-7(10)5(2)12-6(3-9)8(4)11/h4-11H,3H2,1-2H3/t4-,5+,6-,7-,8+/m1/s1. The maximum Gasteiger partial charge on any atom is 0.107 e. The lowest BCUT2D eigenvalue weighted by Gasteiger charge is -2.39. The Morgan fingerprint density at radius 2 is 1.75 bits per heavy atom. The van der Waals surface area contributed by atoms with Gasteiger partial charge >= 0.3 is 0 Å². The molecule has 4 heteroatoms. The van der Waals surface area contributed by atoms with Crippen LogP contribution in [0.3, 0.4) is 0 Å². The fourth-order valence-corrected chi connectivity index (χ4v) is 1.56. The molecule has 1 aliphatic heterocycles. The van der Waals surface area contributed by atoms with Crippen LogP contribution in [0.5, 0.6) is 0 Å². The van der Waals surface area contributed by atoms with Gasteiger partial charge in [-0.25, -0.2) is 0 Å². The zero-order chi connectivity index (χ0) is 9.30. The van der Waals surface area contributed by atoms with E-state index in [1.165, 1.54) is 0 Å². The van der Waals surface area contributed by atoms with Gasteiger partial charge in [-0.1, -0.05) is 6.92 Å². The topological polar surface area (TPSA) is 69.9 Å². The summed E-state index contributed by atoms with van der Waals surface area (Å²) in [6.07, 6.45) is -2.30. The fourth-order valence-electron chi connectivity index (χ4n) is 1.56. The minimum atomic E-state index is -0.777. The summed E-state index contributed by atoms with van der Waals surface area (Å²) in [5.74, 6) is -0.245. The third kappa shape index (κ3) is 1.61. The maximum atomic E-state index is 9.48. The molecule has 0 aliphatic carbocycles. The number of hydrogen-bond acceptors (Lipinski definition) is 4. The van der Waals surface area contributed by atoms with Crippen molar-refractivity contribution in [2.45, 2.75) is 38.3 Å². The van der Waals surface area contributed by atoms with Crippen molar-refractivity contribution in [2.75, 3.05) is 6.61 Å². The molecule has 72 valence electrons. The molecule has 0 unspecified atom stereocenters. The summed E-state index contributed by atoms with van der Waals surface area (Å²) in [5.41, 5.74) is 0. The van der Waals surface area contributed by atoms with E-state index in [0.717, 1.165) is 0 Å². The zero-order valence-corrected chi connectivity index (χ0v) is 7.34. The predicted octanol–water partition coefficient (Wildman–Crippen LogP) is -0.876. The highest BCUT2D eigenvalue weighted by Gasteiger charge is 2.39. The van der Waals surface area contributed by atoms with E-state index in [4.69, 9.17) is 9.84 Å². The number of ether oxygens (including phenoxy) is 1. The molecule has 1 saturated heterocycles. The van der Waals surface area contributed by atoms with Crippen LogP contribution in [-0.4, -0.2) is 46.3 Å². The van der Waals surface area contributed by atoms with Gasteiger partial charge in [-0.2, -0.15) is 0 Å². The smallest absolute Gasteiger partial charge is 0.107 e. The first kappa shape index (κ1) is 9.92. The highest BCUT2D eigenvalue weighted by molar-refractivity contribution is 4.87. The number of hydrogen-bond donors (Lipinski definition) is 3. The van der Waals surface area contributed by atoms with Crippen molar-refractivity contribution < 1.29 is 20.1 Å². The molecular formula is C8H16O4. The lowest BCUT2D eigenvalue weighted by Crippen LogP contribution is -2.53. The highest BCUT2D eigenvalue weighted by Crippen LogP contribution is 2.25. The van der Waals surface area contributed by atoms with Gasteiger partial charge in [0.2, 0.25) is 0 Å². The van der Waals surface area contributed by atoms with Crippen LogP contribution in [0.15, 0.2) is 0 Å². The Labute approximate surface area is 71.8 Å². The molecule has 1 heterocycles. The number of rotatable bonds is 1. The monoisotopic (exact) mass is 176 g/mol. The van der Waals surface area contributed by atoms with Crippen molar-refractivity contribution in [1.82, 2.24) is 0 Å². The van der Waals surface area contributed by atoms with Crippen LogP contribution in [0.25, 0.3) is 0 Å². The van der Waals surface area contributed by atoms with Crippen LogP contribution in [-0.2, 0) is 4.74 Å². The van der Waals surface area contributed by atoms with Crippen molar-refractivity contribution in [1.29, 1.82) is 0 Å². The van der Waals surface area contributed by atoms with E-state index in [9.17, 15) is 10.2 Å². The van der Waals surface area contributed by atoms with Crippen molar-refractivity contribution in [2.24, 2.45) is 5.92 Å². The van der Waals surface area contributed by atoms with Gasteiger partial charge in [0.1, 0.15) is 6.10 Å². The third-order valence-electron chi connectivity index (χ3n) is 2.51. The molecule has 1 aliphatic rings.